The molecule has 2 atom stereocenters. The Kier molecular flexibility index (Phi) is 5.30. The van der Waals surface area contributed by atoms with Crippen LogP contribution in [0.25, 0.3) is 0 Å². The molecule has 2 amide bonds. The summed E-state index contributed by atoms with van der Waals surface area (Å²) in [6.45, 7) is 7.36. The van der Waals surface area contributed by atoms with Crippen LogP contribution in [0.3, 0.4) is 0 Å². The molecule has 1 rings (SSSR count). The Labute approximate surface area is 117 Å². The summed E-state index contributed by atoms with van der Waals surface area (Å²) in [6.07, 6.45) is -3.39. The summed E-state index contributed by atoms with van der Waals surface area (Å²) in [7, 11) is 0. The molecule has 0 saturated carbocycles. The Morgan fingerprint density at radius 1 is 1.40 bits per heavy atom. The smallest absolute Gasteiger partial charge is 0.408 e. The number of likely N-dealkylation sites (tertiary alicyclic amines) is 1. The van der Waals surface area contributed by atoms with Crippen LogP contribution < -0.4 is 5.32 Å². The average molecular weight is 292 g/mol. The minimum Gasteiger partial charge on any atom is -0.444 e. The van der Waals surface area contributed by atoms with E-state index in [1.807, 2.05) is 6.92 Å². The number of alkyl halides is 2. The van der Waals surface area contributed by atoms with Gasteiger partial charge in [0.25, 0.3) is 0 Å². The lowest BCUT2D eigenvalue weighted by atomic mass is 10.0. The van der Waals surface area contributed by atoms with Gasteiger partial charge >= 0.3 is 6.09 Å². The fourth-order valence-electron chi connectivity index (χ4n) is 1.89. The number of ether oxygens (including phenoxy) is 1. The Bertz CT molecular complexity index is 369. The van der Waals surface area contributed by atoms with Gasteiger partial charge in [0.05, 0.1) is 0 Å². The fraction of sp³-hybridized carbons (Fsp3) is 0.846. The highest BCUT2D eigenvalue weighted by molar-refractivity contribution is 5.86. The highest BCUT2D eigenvalue weighted by Gasteiger charge is 2.36. The molecule has 1 N–H and O–H groups in total. The molecule has 1 aliphatic rings. The predicted molar refractivity (Wildman–Crippen MR) is 69.6 cm³/mol. The number of amides is 2. The molecule has 0 radical (unpaired) electrons. The summed E-state index contributed by atoms with van der Waals surface area (Å²) < 4.78 is 30.1. The molecular formula is C13H22F2N2O3. The van der Waals surface area contributed by atoms with Crippen molar-refractivity contribution in [1.82, 2.24) is 10.2 Å². The molecule has 116 valence electrons. The van der Waals surface area contributed by atoms with Crippen LogP contribution in [0.5, 0.6) is 0 Å². The van der Waals surface area contributed by atoms with Gasteiger partial charge in [-0.1, -0.05) is 0 Å². The molecule has 0 spiro atoms. The van der Waals surface area contributed by atoms with Gasteiger partial charge in [0.15, 0.2) is 0 Å². The van der Waals surface area contributed by atoms with Crippen molar-refractivity contribution in [3.05, 3.63) is 0 Å². The lowest BCUT2D eigenvalue weighted by Crippen LogP contribution is -2.57. The number of hydrogen-bond acceptors (Lipinski definition) is 3. The third kappa shape index (κ3) is 4.94. The third-order valence-electron chi connectivity index (χ3n) is 3.01. The monoisotopic (exact) mass is 292 g/mol. The van der Waals surface area contributed by atoms with E-state index >= 15 is 0 Å². The Balaban J connectivity index is 2.64. The Morgan fingerprint density at radius 2 is 2.00 bits per heavy atom. The van der Waals surface area contributed by atoms with E-state index < -0.39 is 36.5 Å². The Morgan fingerprint density at radius 3 is 2.35 bits per heavy atom. The molecule has 0 aromatic carbocycles. The van der Waals surface area contributed by atoms with Gasteiger partial charge in [0, 0.05) is 19.0 Å². The number of hydrogen-bond donors (Lipinski definition) is 1. The minimum absolute atomic E-state index is 0.0307. The van der Waals surface area contributed by atoms with E-state index in [1.165, 1.54) is 4.90 Å². The van der Waals surface area contributed by atoms with Crippen LogP contribution in [0.15, 0.2) is 0 Å². The number of nitrogens with zero attached hydrogens (tertiary/aromatic N) is 1. The van der Waals surface area contributed by atoms with Crippen molar-refractivity contribution in [3.63, 3.8) is 0 Å². The molecule has 7 heteroatoms. The number of alkyl carbamates (subject to hydrolysis) is 1. The first kappa shape index (κ1) is 16.7. The average Bonchev–Trinajstić information content (AvgIpc) is 2.22. The van der Waals surface area contributed by atoms with E-state index in [9.17, 15) is 18.4 Å². The fourth-order valence-corrected chi connectivity index (χ4v) is 1.89. The second-order valence-electron chi connectivity index (χ2n) is 5.99. The minimum atomic E-state index is -2.67. The summed E-state index contributed by atoms with van der Waals surface area (Å²) in [6, 6.07) is -1.21. The van der Waals surface area contributed by atoms with Gasteiger partial charge in [-0.3, -0.25) is 4.79 Å². The number of carbonyl (C=O) groups is 2. The van der Waals surface area contributed by atoms with Gasteiger partial charge in [-0.2, -0.15) is 0 Å². The van der Waals surface area contributed by atoms with Crippen LogP contribution in [-0.4, -0.2) is 47.6 Å². The first-order valence-corrected chi connectivity index (χ1v) is 6.68. The molecule has 0 aliphatic carbocycles. The highest BCUT2D eigenvalue weighted by atomic mass is 19.3. The molecule has 0 aromatic heterocycles. The van der Waals surface area contributed by atoms with Crippen LogP contribution in [0.2, 0.25) is 0 Å². The highest BCUT2D eigenvalue weighted by Crippen LogP contribution is 2.19. The van der Waals surface area contributed by atoms with Crippen molar-refractivity contribution >= 4 is 12.0 Å². The van der Waals surface area contributed by atoms with Gasteiger partial charge in [-0.25, -0.2) is 13.6 Å². The van der Waals surface area contributed by atoms with E-state index in [2.05, 4.69) is 5.32 Å². The zero-order chi connectivity index (χ0) is 15.5. The zero-order valence-electron chi connectivity index (χ0n) is 12.3. The lowest BCUT2D eigenvalue weighted by molar-refractivity contribution is -0.141. The summed E-state index contributed by atoms with van der Waals surface area (Å²) in [5.74, 6) is -0.477. The normalized spacial score (nSPS) is 20.4. The van der Waals surface area contributed by atoms with Crippen molar-refractivity contribution < 1.29 is 23.1 Å². The van der Waals surface area contributed by atoms with Crippen molar-refractivity contribution in [1.29, 1.82) is 0 Å². The molecule has 1 fully saturated rings. The van der Waals surface area contributed by atoms with Gasteiger partial charge in [0.2, 0.25) is 12.3 Å². The first-order chi connectivity index (χ1) is 9.10. The lowest BCUT2D eigenvalue weighted by Gasteiger charge is -2.40. The maximum Gasteiger partial charge on any atom is 0.408 e. The third-order valence-corrected chi connectivity index (χ3v) is 3.01. The summed E-state index contributed by atoms with van der Waals surface area (Å²) >= 11 is 0. The largest absolute Gasteiger partial charge is 0.444 e. The summed E-state index contributed by atoms with van der Waals surface area (Å²) in [5.41, 5.74) is -0.743. The van der Waals surface area contributed by atoms with Crippen LogP contribution in [0.1, 0.15) is 40.5 Å². The van der Waals surface area contributed by atoms with Crippen LogP contribution >= 0.6 is 0 Å². The van der Waals surface area contributed by atoms with Gasteiger partial charge < -0.3 is 15.0 Å². The number of rotatable bonds is 4. The summed E-state index contributed by atoms with van der Waals surface area (Å²) in [4.78, 5) is 25.2. The van der Waals surface area contributed by atoms with E-state index in [4.69, 9.17) is 4.74 Å². The van der Waals surface area contributed by atoms with Crippen LogP contribution in [0, 0.1) is 0 Å². The molecule has 5 nitrogen and oxygen atoms in total. The molecular weight excluding hydrogens is 270 g/mol. The molecule has 0 aromatic rings. The van der Waals surface area contributed by atoms with Crippen molar-refractivity contribution in [2.45, 2.75) is 64.6 Å². The number of carbonyl (C=O) groups excluding carboxylic acids is 2. The maximum atomic E-state index is 12.6. The van der Waals surface area contributed by atoms with Crippen molar-refractivity contribution in [2.75, 3.05) is 6.54 Å². The number of nitrogens with one attached hydrogen (secondary N) is 1. The molecule has 1 heterocycles. The first-order valence-electron chi connectivity index (χ1n) is 6.68. The second-order valence-corrected chi connectivity index (χ2v) is 5.99. The molecule has 1 aliphatic heterocycles. The number of halogens is 2. The molecule has 1 unspecified atom stereocenters. The quantitative estimate of drug-likeness (QED) is 0.863. The van der Waals surface area contributed by atoms with E-state index in [1.54, 1.807) is 20.8 Å². The van der Waals surface area contributed by atoms with Crippen LogP contribution in [0.4, 0.5) is 13.6 Å². The van der Waals surface area contributed by atoms with Crippen LogP contribution in [-0.2, 0) is 9.53 Å². The predicted octanol–water partition coefficient (Wildman–Crippen LogP) is 2.16. The standard InChI is InChI=1S/C13H22F2N2O3/c1-8-5-6-17(8)11(18)9(7-10(14)15)16-12(19)20-13(2,3)4/h8-10H,5-7H2,1-4H3,(H,16,19)/t8-,9?/m0/s1. The maximum absolute atomic E-state index is 12.6. The van der Waals surface area contributed by atoms with Gasteiger partial charge in [-0.05, 0) is 34.1 Å². The Hall–Kier alpha value is -1.40. The van der Waals surface area contributed by atoms with E-state index in [-0.39, 0.29) is 6.04 Å². The molecule has 1 saturated heterocycles. The zero-order valence-corrected chi connectivity index (χ0v) is 12.3. The molecule has 0 bridgehead atoms. The van der Waals surface area contributed by atoms with E-state index in [0.29, 0.717) is 6.54 Å². The SMILES string of the molecule is C[C@H]1CCN1C(=O)C(CC(F)F)NC(=O)OC(C)(C)C. The van der Waals surface area contributed by atoms with E-state index in [0.717, 1.165) is 6.42 Å². The summed E-state index contributed by atoms with van der Waals surface area (Å²) in [5, 5.41) is 2.24. The topological polar surface area (TPSA) is 58.6 Å². The van der Waals surface area contributed by atoms with Crippen molar-refractivity contribution in [2.24, 2.45) is 0 Å². The molecule has 20 heavy (non-hydrogen) atoms. The van der Waals surface area contributed by atoms with Gasteiger partial charge in [-0.15, -0.1) is 0 Å². The van der Waals surface area contributed by atoms with Gasteiger partial charge in [0.1, 0.15) is 11.6 Å². The second kappa shape index (κ2) is 6.37. The van der Waals surface area contributed by atoms with Crippen molar-refractivity contribution in [3.8, 4) is 0 Å².